The Morgan fingerprint density at radius 3 is 1.71 bits per heavy atom. The predicted octanol–water partition coefficient (Wildman–Crippen LogP) is 7.35. The smallest absolute Gasteiger partial charge is 0.238 e. The fraction of sp³-hybridized carbons (Fsp3) is 0.708. The van der Waals surface area contributed by atoms with Crippen LogP contribution in [0.2, 0.25) is 5.02 Å². The zero-order chi connectivity index (χ0) is 20.3. The molecule has 0 saturated carbocycles. The minimum Gasteiger partial charge on any atom is -0.325 e. The van der Waals surface area contributed by atoms with Crippen LogP contribution in [0.3, 0.4) is 0 Å². The Hall–Kier alpha value is -1.06. The summed E-state index contributed by atoms with van der Waals surface area (Å²) in [5.41, 5.74) is 0.785. The van der Waals surface area contributed by atoms with E-state index in [1.54, 1.807) is 12.1 Å². The molecule has 4 heteroatoms. The fourth-order valence-electron chi connectivity index (χ4n) is 3.38. The molecule has 0 saturated heterocycles. The van der Waals surface area contributed by atoms with E-state index in [9.17, 15) is 4.79 Å². The summed E-state index contributed by atoms with van der Waals surface area (Å²) in [6.07, 6.45) is 19.2. The van der Waals surface area contributed by atoms with Crippen molar-refractivity contribution in [1.82, 2.24) is 5.32 Å². The van der Waals surface area contributed by atoms with Crippen molar-refractivity contribution in [3.05, 3.63) is 29.3 Å². The molecular weight excluding hydrogens is 368 g/mol. The monoisotopic (exact) mass is 408 g/mol. The molecule has 1 amide bonds. The Balaban J connectivity index is 1.79. The molecule has 0 atom stereocenters. The molecule has 0 heterocycles. The summed E-state index contributed by atoms with van der Waals surface area (Å²) in [6.45, 7) is 3.55. The molecule has 160 valence electrons. The highest BCUT2D eigenvalue weighted by Gasteiger charge is 2.01. The molecule has 0 aliphatic carbocycles. The summed E-state index contributed by atoms with van der Waals surface area (Å²) in [5, 5.41) is 6.76. The number of amides is 1. The molecule has 0 aromatic heterocycles. The van der Waals surface area contributed by atoms with Gasteiger partial charge in [0.25, 0.3) is 0 Å². The van der Waals surface area contributed by atoms with E-state index < -0.39 is 0 Å². The first kappa shape index (κ1) is 25.0. The molecule has 1 aromatic carbocycles. The minimum absolute atomic E-state index is 0.00677. The standard InChI is InChI=1S/C24H41ClN2O/c1-2-3-4-5-6-7-8-9-10-11-12-13-14-15-20-26-21-24(28)27-23-18-16-22(25)17-19-23/h16-19,26H,2-15,20-21H2,1H3,(H,27,28). The van der Waals surface area contributed by atoms with Crippen molar-refractivity contribution in [2.24, 2.45) is 0 Å². The molecule has 0 aliphatic heterocycles. The van der Waals surface area contributed by atoms with Gasteiger partial charge in [0, 0.05) is 10.7 Å². The van der Waals surface area contributed by atoms with Crippen LogP contribution in [0.5, 0.6) is 0 Å². The van der Waals surface area contributed by atoms with E-state index in [2.05, 4.69) is 17.6 Å². The lowest BCUT2D eigenvalue weighted by molar-refractivity contribution is -0.115. The quantitative estimate of drug-likeness (QED) is 0.249. The second kappa shape index (κ2) is 18.0. The number of hydrogen-bond donors (Lipinski definition) is 2. The third-order valence-corrected chi connectivity index (χ3v) is 5.37. The number of hydrogen-bond acceptors (Lipinski definition) is 2. The average molecular weight is 409 g/mol. The van der Waals surface area contributed by atoms with Crippen LogP contribution in [0.25, 0.3) is 0 Å². The Morgan fingerprint density at radius 1 is 0.750 bits per heavy atom. The van der Waals surface area contributed by atoms with Gasteiger partial charge in [0.1, 0.15) is 0 Å². The first-order valence-corrected chi connectivity index (χ1v) is 11.9. The van der Waals surface area contributed by atoms with Crippen LogP contribution >= 0.6 is 11.6 Å². The van der Waals surface area contributed by atoms with Crippen LogP contribution in [0.4, 0.5) is 5.69 Å². The van der Waals surface area contributed by atoms with E-state index in [1.807, 2.05) is 12.1 Å². The van der Waals surface area contributed by atoms with Crippen LogP contribution in [0, 0.1) is 0 Å². The fourth-order valence-corrected chi connectivity index (χ4v) is 3.51. The van der Waals surface area contributed by atoms with Crippen LogP contribution in [0.1, 0.15) is 96.8 Å². The van der Waals surface area contributed by atoms with Crippen LogP contribution < -0.4 is 10.6 Å². The van der Waals surface area contributed by atoms with E-state index in [0.717, 1.165) is 18.7 Å². The molecule has 0 aliphatic rings. The molecule has 3 nitrogen and oxygen atoms in total. The van der Waals surface area contributed by atoms with Crippen molar-refractivity contribution in [2.75, 3.05) is 18.4 Å². The number of unbranched alkanes of at least 4 members (excludes halogenated alkanes) is 13. The molecule has 1 rings (SSSR count). The summed E-state index contributed by atoms with van der Waals surface area (Å²) in [4.78, 5) is 11.8. The second-order valence-corrected chi connectivity index (χ2v) is 8.26. The van der Waals surface area contributed by atoms with Crippen LogP contribution in [0.15, 0.2) is 24.3 Å². The Bertz CT molecular complexity index is 490. The van der Waals surface area contributed by atoms with E-state index in [-0.39, 0.29) is 5.91 Å². The normalized spacial score (nSPS) is 10.9. The Kier molecular flexibility index (Phi) is 16.1. The second-order valence-electron chi connectivity index (χ2n) is 7.83. The van der Waals surface area contributed by atoms with Gasteiger partial charge in [-0.1, -0.05) is 102 Å². The zero-order valence-corrected chi connectivity index (χ0v) is 18.7. The van der Waals surface area contributed by atoms with E-state index >= 15 is 0 Å². The van der Waals surface area contributed by atoms with Crippen LogP contribution in [-0.4, -0.2) is 19.0 Å². The largest absolute Gasteiger partial charge is 0.325 e. The van der Waals surface area contributed by atoms with Crippen LogP contribution in [-0.2, 0) is 4.79 Å². The number of rotatable bonds is 18. The van der Waals surface area contributed by atoms with Crippen molar-refractivity contribution in [1.29, 1.82) is 0 Å². The number of carbonyl (C=O) groups is 1. The highest BCUT2D eigenvalue weighted by molar-refractivity contribution is 6.30. The first-order valence-electron chi connectivity index (χ1n) is 11.5. The van der Waals surface area contributed by atoms with Crippen molar-refractivity contribution >= 4 is 23.2 Å². The summed E-state index contributed by atoms with van der Waals surface area (Å²) < 4.78 is 0. The van der Waals surface area contributed by atoms with Crippen molar-refractivity contribution < 1.29 is 4.79 Å². The number of anilines is 1. The topological polar surface area (TPSA) is 41.1 Å². The third kappa shape index (κ3) is 14.9. The summed E-state index contributed by atoms with van der Waals surface area (Å²) in [6, 6.07) is 7.18. The highest BCUT2D eigenvalue weighted by atomic mass is 35.5. The lowest BCUT2D eigenvalue weighted by Gasteiger charge is -2.07. The van der Waals surface area contributed by atoms with Gasteiger partial charge >= 0.3 is 0 Å². The van der Waals surface area contributed by atoms with Crippen molar-refractivity contribution in [3.8, 4) is 0 Å². The minimum atomic E-state index is -0.00677. The molecule has 2 N–H and O–H groups in total. The SMILES string of the molecule is CCCCCCCCCCCCCCCCNCC(=O)Nc1ccc(Cl)cc1. The molecule has 0 fully saturated rings. The van der Waals surface area contributed by atoms with Crippen molar-refractivity contribution in [3.63, 3.8) is 0 Å². The third-order valence-electron chi connectivity index (χ3n) is 5.12. The summed E-state index contributed by atoms with van der Waals surface area (Å²) in [7, 11) is 0. The molecule has 0 bridgehead atoms. The number of halogens is 1. The van der Waals surface area contributed by atoms with E-state index in [0.29, 0.717) is 11.6 Å². The summed E-state index contributed by atoms with van der Waals surface area (Å²) >= 11 is 5.83. The average Bonchev–Trinajstić information content (AvgIpc) is 2.69. The molecular formula is C24H41ClN2O. The maximum Gasteiger partial charge on any atom is 0.238 e. The van der Waals surface area contributed by atoms with E-state index in [4.69, 9.17) is 11.6 Å². The Morgan fingerprint density at radius 2 is 1.21 bits per heavy atom. The summed E-state index contributed by atoms with van der Waals surface area (Å²) in [5.74, 6) is -0.00677. The van der Waals surface area contributed by atoms with Gasteiger partial charge in [-0.2, -0.15) is 0 Å². The molecule has 1 aromatic rings. The molecule has 0 spiro atoms. The first-order chi connectivity index (χ1) is 13.7. The Labute approximate surface area is 178 Å². The van der Waals surface area contributed by atoms with Crippen molar-refractivity contribution in [2.45, 2.75) is 96.8 Å². The maximum absolute atomic E-state index is 11.8. The van der Waals surface area contributed by atoms with E-state index in [1.165, 1.54) is 83.5 Å². The lowest BCUT2D eigenvalue weighted by atomic mass is 10.0. The van der Waals surface area contributed by atoms with Gasteiger partial charge in [0.15, 0.2) is 0 Å². The van der Waals surface area contributed by atoms with Gasteiger partial charge in [-0.15, -0.1) is 0 Å². The predicted molar refractivity (Wildman–Crippen MR) is 123 cm³/mol. The van der Waals surface area contributed by atoms with Gasteiger partial charge in [-0.25, -0.2) is 0 Å². The zero-order valence-electron chi connectivity index (χ0n) is 17.9. The molecule has 0 unspecified atom stereocenters. The lowest BCUT2D eigenvalue weighted by Crippen LogP contribution is -2.28. The van der Waals surface area contributed by atoms with Gasteiger partial charge in [0.05, 0.1) is 6.54 Å². The maximum atomic E-state index is 11.8. The van der Waals surface area contributed by atoms with Gasteiger partial charge in [0.2, 0.25) is 5.91 Å². The number of benzene rings is 1. The van der Waals surface area contributed by atoms with Gasteiger partial charge in [-0.05, 0) is 37.2 Å². The number of carbonyl (C=O) groups excluding carboxylic acids is 1. The highest BCUT2D eigenvalue weighted by Crippen LogP contribution is 2.14. The molecule has 0 radical (unpaired) electrons. The number of nitrogens with one attached hydrogen (secondary N) is 2. The van der Waals surface area contributed by atoms with Gasteiger partial charge < -0.3 is 10.6 Å². The van der Waals surface area contributed by atoms with Gasteiger partial charge in [-0.3, -0.25) is 4.79 Å². The molecule has 28 heavy (non-hydrogen) atoms.